The molecule has 2 fully saturated rings. The molecule has 0 aliphatic heterocycles. The summed E-state index contributed by atoms with van der Waals surface area (Å²) < 4.78 is 13.9. The Kier molecular flexibility index (Phi) is 3.79. The topological polar surface area (TPSA) is 38.0 Å². The number of hydrogen-bond acceptors (Lipinski definition) is 2. The molecule has 0 spiro atoms. The first-order valence-corrected chi connectivity index (χ1v) is 7.45. The van der Waals surface area contributed by atoms with Crippen LogP contribution in [0, 0.1) is 23.6 Å². The molecule has 3 N–H and O–H groups in total. The van der Waals surface area contributed by atoms with Gasteiger partial charge < -0.3 is 0 Å². The Morgan fingerprint density at radius 2 is 2.21 bits per heavy atom. The standard InChI is InChI=1S/C15H20ClFN2/c16-12-4-3-11(14(17)8-12)7-15(19-18)13-6-9-1-2-10(13)5-9/h3-4,8-10,13,15,19H,1-2,5-7,18H2. The molecule has 2 saturated carbocycles. The maximum absolute atomic E-state index is 13.9. The van der Waals surface area contributed by atoms with Crippen LogP contribution in [0.5, 0.6) is 0 Å². The largest absolute Gasteiger partial charge is 0.271 e. The second kappa shape index (κ2) is 5.39. The van der Waals surface area contributed by atoms with E-state index in [9.17, 15) is 4.39 Å². The summed E-state index contributed by atoms with van der Waals surface area (Å²) in [5.41, 5.74) is 3.62. The molecule has 0 saturated heterocycles. The van der Waals surface area contributed by atoms with Crippen molar-refractivity contribution in [1.29, 1.82) is 0 Å². The van der Waals surface area contributed by atoms with Crippen LogP contribution in [0.3, 0.4) is 0 Å². The molecule has 0 amide bonds. The monoisotopic (exact) mass is 282 g/mol. The van der Waals surface area contributed by atoms with E-state index in [1.807, 2.05) is 0 Å². The van der Waals surface area contributed by atoms with Crippen molar-refractivity contribution >= 4 is 11.6 Å². The van der Waals surface area contributed by atoms with Crippen molar-refractivity contribution in [1.82, 2.24) is 5.43 Å². The Bertz CT molecular complexity index is 465. The van der Waals surface area contributed by atoms with E-state index in [1.165, 1.54) is 31.7 Å². The average molecular weight is 283 g/mol. The SMILES string of the molecule is NNC(Cc1ccc(Cl)cc1F)C1CC2CCC1C2. The molecular weight excluding hydrogens is 263 g/mol. The van der Waals surface area contributed by atoms with Gasteiger partial charge >= 0.3 is 0 Å². The summed E-state index contributed by atoms with van der Waals surface area (Å²) in [5, 5.41) is 0.443. The minimum absolute atomic E-state index is 0.172. The molecule has 0 radical (unpaired) electrons. The molecule has 1 aromatic rings. The summed E-state index contributed by atoms with van der Waals surface area (Å²) in [7, 11) is 0. The molecule has 2 bridgehead atoms. The van der Waals surface area contributed by atoms with Gasteiger partial charge in [-0.25, -0.2) is 4.39 Å². The lowest BCUT2D eigenvalue weighted by Crippen LogP contribution is -2.44. The number of benzene rings is 1. The van der Waals surface area contributed by atoms with E-state index in [2.05, 4.69) is 5.43 Å². The van der Waals surface area contributed by atoms with Crippen LogP contribution in [0.1, 0.15) is 31.2 Å². The van der Waals surface area contributed by atoms with Crippen molar-refractivity contribution in [3.05, 3.63) is 34.6 Å². The number of halogens is 2. The maximum atomic E-state index is 13.9. The molecule has 4 atom stereocenters. The van der Waals surface area contributed by atoms with Crippen molar-refractivity contribution in [3.63, 3.8) is 0 Å². The van der Waals surface area contributed by atoms with Crippen LogP contribution in [0.15, 0.2) is 18.2 Å². The van der Waals surface area contributed by atoms with Crippen molar-refractivity contribution in [2.45, 2.75) is 38.1 Å². The first kappa shape index (κ1) is 13.3. The molecule has 0 heterocycles. The van der Waals surface area contributed by atoms with E-state index in [0.717, 1.165) is 11.8 Å². The maximum Gasteiger partial charge on any atom is 0.127 e. The fraction of sp³-hybridized carbons (Fsp3) is 0.600. The van der Waals surface area contributed by atoms with E-state index in [-0.39, 0.29) is 11.9 Å². The molecule has 4 heteroatoms. The lowest BCUT2D eigenvalue weighted by molar-refractivity contribution is 0.247. The van der Waals surface area contributed by atoms with E-state index < -0.39 is 0 Å². The molecule has 2 aliphatic carbocycles. The van der Waals surface area contributed by atoms with Crippen LogP contribution in [0.25, 0.3) is 0 Å². The predicted octanol–water partition coefficient (Wildman–Crippen LogP) is 3.29. The molecule has 4 unspecified atom stereocenters. The summed E-state index contributed by atoms with van der Waals surface area (Å²) in [6.45, 7) is 0. The second-order valence-corrected chi connectivity index (χ2v) is 6.49. The molecular formula is C15H20ClFN2. The third-order valence-corrected chi connectivity index (χ3v) is 5.21. The number of nitrogens with two attached hydrogens (primary N) is 1. The van der Waals surface area contributed by atoms with Crippen LogP contribution in [0.2, 0.25) is 5.02 Å². The lowest BCUT2D eigenvalue weighted by Gasteiger charge is -2.30. The molecule has 3 rings (SSSR count). The van der Waals surface area contributed by atoms with Crippen molar-refractivity contribution in [3.8, 4) is 0 Å². The van der Waals surface area contributed by atoms with Gasteiger partial charge in [-0.15, -0.1) is 0 Å². The number of hydrazine groups is 1. The Hall–Kier alpha value is -0.640. The predicted molar refractivity (Wildman–Crippen MR) is 75.2 cm³/mol. The third-order valence-electron chi connectivity index (χ3n) is 4.98. The summed E-state index contributed by atoms with van der Waals surface area (Å²) in [6.07, 6.45) is 5.92. The summed E-state index contributed by atoms with van der Waals surface area (Å²) in [4.78, 5) is 0. The van der Waals surface area contributed by atoms with Crippen LogP contribution < -0.4 is 11.3 Å². The normalized spacial score (nSPS) is 30.8. The van der Waals surface area contributed by atoms with Gasteiger partial charge in [0.2, 0.25) is 0 Å². The minimum Gasteiger partial charge on any atom is -0.271 e. The summed E-state index contributed by atoms with van der Waals surface area (Å²) >= 11 is 5.79. The zero-order valence-electron chi connectivity index (χ0n) is 10.9. The average Bonchev–Trinajstić information content (AvgIpc) is 3.00. The molecule has 19 heavy (non-hydrogen) atoms. The number of nitrogens with one attached hydrogen (secondary N) is 1. The van der Waals surface area contributed by atoms with Gasteiger partial charge in [0, 0.05) is 11.1 Å². The van der Waals surface area contributed by atoms with Gasteiger partial charge in [-0.2, -0.15) is 0 Å². The second-order valence-electron chi connectivity index (χ2n) is 6.05. The Balaban J connectivity index is 1.73. The van der Waals surface area contributed by atoms with Crippen LogP contribution in [-0.4, -0.2) is 6.04 Å². The fourth-order valence-electron chi connectivity index (χ4n) is 4.04. The van der Waals surface area contributed by atoms with Gasteiger partial charge in [0.1, 0.15) is 5.82 Å². The van der Waals surface area contributed by atoms with Crippen molar-refractivity contribution in [2.24, 2.45) is 23.6 Å². The van der Waals surface area contributed by atoms with Gasteiger partial charge in [0.25, 0.3) is 0 Å². The third kappa shape index (κ3) is 2.64. The van der Waals surface area contributed by atoms with Gasteiger partial charge in [0.15, 0.2) is 0 Å². The quantitative estimate of drug-likeness (QED) is 0.657. The Morgan fingerprint density at radius 1 is 1.37 bits per heavy atom. The number of rotatable bonds is 4. The highest BCUT2D eigenvalue weighted by atomic mass is 35.5. The highest BCUT2D eigenvalue weighted by molar-refractivity contribution is 6.30. The zero-order valence-corrected chi connectivity index (χ0v) is 11.7. The molecule has 104 valence electrons. The van der Waals surface area contributed by atoms with Gasteiger partial charge in [-0.1, -0.05) is 24.1 Å². The minimum atomic E-state index is -0.226. The molecule has 2 nitrogen and oxygen atoms in total. The van der Waals surface area contributed by atoms with E-state index in [0.29, 0.717) is 22.9 Å². The van der Waals surface area contributed by atoms with Crippen LogP contribution in [0.4, 0.5) is 4.39 Å². The van der Waals surface area contributed by atoms with E-state index in [4.69, 9.17) is 17.4 Å². The van der Waals surface area contributed by atoms with Crippen LogP contribution in [-0.2, 0) is 6.42 Å². The molecule has 1 aromatic carbocycles. The first-order valence-electron chi connectivity index (χ1n) is 7.07. The van der Waals surface area contributed by atoms with Gasteiger partial charge in [0.05, 0.1) is 0 Å². The van der Waals surface area contributed by atoms with E-state index in [1.54, 1.807) is 12.1 Å². The van der Waals surface area contributed by atoms with Gasteiger partial charge in [-0.3, -0.25) is 11.3 Å². The van der Waals surface area contributed by atoms with Crippen molar-refractivity contribution < 1.29 is 4.39 Å². The van der Waals surface area contributed by atoms with Crippen molar-refractivity contribution in [2.75, 3.05) is 0 Å². The highest BCUT2D eigenvalue weighted by Gasteiger charge is 2.42. The summed E-state index contributed by atoms with van der Waals surface area (Å²) in [5.74, 6) is 7.74. The number of fused-ring (bicyclic) bond motifs is 2. The molecule has 2 aliphatic rings. The smallest absolute Gasteiger partial charge is 0.127 e. The zero-order chi connectivity index (χ0) is 13.4. The van der Waals surface area contributed by atoms with Crippen LogP contribution >= 0.6 is 11.6 Å². The summed E-state index contributed by atoms with van der Waals surface area (Å²) in [6, 6.07) is 5.07. The lowest BCUT2D eigenvalue weighted by atomic mass is 9.81. The Labute approximate surface area is 118 Å². The fourth-order valence-corrected chi connectivity index (χ4v) is 4.20. The highest BCUT2D eigenvalue weighted by Crippen LogP contribution is 2.49. The first-order chi connectivity index (χ1) is 9.17. The Morgan fingerprint density at radius 3 is 2.79 bits per heavy atom. The molecule has 0 aromatic heterocycles. The van der Waals surface area contributed by atoms with Gasteiger partial charge in [-0.05, 0) is 61.1 Å². The van der Waals surface area contributed by atoms with E-state index >= 15 is 0 Å². The number of hydrogen-bond donors (Lipinski definition) is 2.